The molecule has 312 valence electrons. The zero-order valence-corrected chi connectivity index (χ0v) is 34.2. The number of rotatable bonds is 15. The number of carbonyl (C=O) groups is 7. The molecule has 3 aliphatic heterocycles. The Labute approximate surface area is 335 Å². The molecule has 5 fully saturated rings. The first-order valence-electron chi connectivity index (χ1n) is 21.1. The van der Waals surface area contributed by atoms with Crippen LogP contribution >= 0.6 is 0 Å². The highest BCUT2D eigenvalue weighted by atomic mass is 16.2. The Hall–Kier alpha value is -4.31. The number of unbranched alkanes of at least 4 members (excludes halogenated alkanes) is 1. The molecule has 2 aliphatic carbocycles. The van der Waals surface area contributed by atoms with Crippen molar-refractivity contribution < 1.29 is 33.6 Å². The van der Waals surface area contributed by atoms with Gasteiger partial charge in [0.2, 0.25) is 17.6 Å². The van der Waals surface area contributed by atoms with Crippen LogP contribution in [0, 0.1) is 11.3 Å². The molecule has 0 radical (unpaired) electrons. The molecule has 6 atom stereocenters. The number of aromatic nitrogens is 2. The maximum Gasteiger partial charge on any atom is 0.289 e. The highest BCUT2D eigenvalue weighted by Crippen LogP contribution is 2.46. The lowest BCUT2D eigenvalue weighted by molar-refractivity contribution is -0.157. The number of hydrogen-bond acceptors (Lipinski definition) is 11. The first kappa shape index (κ1) is 42.3. The number of likely N-dealkylation sites (N-methyl/N-ethyl adjacent to an activating group) is 1. The smallest absolute Gasteiger partial charge is 0.289 e. The number of Topliss-reactive ketones (excluding diaryl/α,β-unsaturated/α-hetero) is 1. The Bertz CT molecular complexity index is 1690. The van der Waals surface area contributed by atoms with Gasteiger partial charge in [-0.1, -0.05) is 66.7 Å². The van der Waals surface area contributed by atoms with Crippen LogP contribution in [0.1, 0.15) is 129 Å². The molecule has 16 heteroatoms. The third kappa shape index (κ3) is 8.91. The van der Waals surface area contributed by atoms with Gasteiger partial charge in [0.05, 0.1) is 12.2 Å². The molecule has 6 amide bonds. The summed E-state index contributed by atoms with van der Waals surface area (Å²) >= 11 is 0. The summed E-state index contributed by atoms with van der Waals surface area (Å²) in [5.74, 6) is -4.84. The molecule has 1 aromatic heterocycles. The third-order valence-corrected chi connectivity index (χ3v) is 12.6. The second kappa shape index (κ2) is 17.7. The van der Waals surface area contributed by atoms with Crippen molar-refractivity contribution >= 4 is 41.2 Å². The Morgan fingerprint density at radius 1 is 0.930 bits per heavy atom. The number of hydrogen-bond donors (Lipinski definition) is 4. The molecule has 0 aromatic carbocycles. The predicted molar refractivity (Wildman–Crippen MR) is 209 cm³/mol. The maximum atomic E-state index is 15.2. The lowest BCUT2D eigenvalue weighted by Gasteiger charge is -2.39. The second-order valence-electron chi connectivity index (χ2n) is 17.6. The Morgan fingerprint density at radius 2 is 1.67 bits per heavy atom. The van der Waals surface area contributed by atoms with E-state index in [1.807, 2.05) is 18.7 Å². The molecular formula is C41H61N9O7. The van der Waals surface area contributed by atoms with Crippen LogP contribution < -0.4 is 21.3 Å². The summed E-state index contributed by atoms with van der Waals surface area (Å²) in [7, 11) is 0. The van der Waals surface area contributed by atoms with Crippen molar-refractivity contribution in [2.45, 2.75) is 160 Å². The van der Waals surface area contributed by atoms with Crippen LogP contribution in [0.2, 0.25) is 0 Å². The van der Waals surface area contributed by atoms with E-state index in [4.69, 9.17) is 0 Å². The summed E-state index contributed by atoms with van der Waals surface area (Å²) in [6.07, 6.45) is 13.1. The first-order chi connectivity index (χ1) is 27.2. The molecule has 1 spiro atoms. The molecule has 2 saturated carbocycles. The largest absolute Gasteiger partial charge is 0.347 e. The van der Waals surface area contributed by atoms with E-state index >= 15 is 9.59 Å². The van der Waals surface area contributed by atoms with E-state index in [2.05, 4.69) is 36.1 Å². The van der Waals surface area contributed by atoms with Gasteiger partial charge < -0.3 is 21.3 Å². The Balaban J connectivity index is 1.32. The number of fused-ring (bicyclic) bond motifs is 2. The molecule has 3 saturated heterocycles. The summed E-state index contributed by atoms with van der Waals surface area (Å²) < 4.78 is 0. The molecule has 1 aromatic rings. The van der Waals surface area contributed by atoms with E-state index in [9.17, 15) is 24.0 Å². The summed E-state index contributed by atoms with van der Waals surface area (Å²) in [5, 5.41) is 11.3. The van der Waals surface area contributed by atoms with Crippen LogP contribution in [0.25, 0.3) is 0 Å². The molecule has 1 unspecified atom stereocenters. The van der Waals surface area contributed by atoms with Crippen molar-refractivity contribution in [1.82, 2.24) is 45.9 Å². The fourth-order valence-electron chi connectivity index (χ4n) is 9.34. The predicted octanol–water partition coefficient (Wildman–Crippen LogP) is 1.83. The number of carbonyl (C=O) groups excluding carboxylic acids is 7. The second-order valence-corrected chi connectivity index (χ2v) is 17.6. The van der Waals surface area contributed by atoms with Gasteiger partial charge in [-0.3, -0.25) is 53.2 Å². The minimum atomic E-state index is -1.32. The zero-order chi connectivity index (χ0) is 41.1. The monoisotopic (exact) mass is 791 g/mol. The van der Waals surface area contributed by atoms with Crippen molar-refractivity contribution in [3.05, 3.63) is 24.3 Å². The summed E-state index contributed by atoms with van der Waals surface area (Å²) in [6.45, 7) is 10.9. The molecule has 6 rings (SSSR count). The Kier molecular flexibility index (Phi) is 13.1. The number of amides is 6. The van der Waals surface area contributed by atoms with Crippen LogP contribution in [0.5, 0.6) is 0 Å². The number of nitrogens with one attached hydrogen (secondary N) is 4. The summed E-state index contributed by atoms with van der Waals surface area (Å²) in [5.41, 5.74) is -2.18. The van der Waals surface area contributed by atoms with Gasteiger partial charge >= 0.3 is 0 Å². The minimum Gasteiger partial charge on any atom is -0.347 e. The van der Waals surface area contributed by atoms with Crippen LogP contribution in [0.4, 0.5) is 0 Å². The van der Waals surface area contributed by atoms with Crippen molar-refractivity contribution in [1.29, 1.82) is 0 Å². The van der Waals surface area contributed by atoms with Gasteiger partial charge in [-0.25, -0.2) is 4.98 Å². The topological polar surface area (TPSA) is 203 Å². The van der Waals surface area contributed by atoms with E-state index in [1.54, 1.807) is 20.8 Å². The van der Waals surface area contributed by atoms with Crippen molar-refractivity contribution in [3.63, 3.8) is 0 Å². The van der Waals surface area contributed by atoms with Gasteiger partial charge in [0.1, 0.15) is 23.8 Å². The SMILES string of the molecule is CCCCC(NC(=O)[C@@H]1C[C@@]2(C(=O)N1C(=O)[C@@H](NC(=O)[C@@H](NC(=O)c1cnccn1)C1CCCCC1)C(C)(C)C)N(CC)C[C@H]1CCCN12)C(=O)C(=O)NC1CC1. The van der Waals surface area contributed by atoms with Crippen LogP contribution in [0.15, 0.2) is 18.6 Å². The van der Waals surface area contributed by atoms with E-state index in [0.29, 0.717) is 38.9 Å². The van der Waals surface area contributed by atoms with Gasteiger partial charge in [-0.15, -0.1) is 0 Å². The first-order valence-corrected chi connectivity index (χ1v) is 21.1. The fourth-order valence-corrected chi connectivity index (χ4v) is 9.34. The van der Waals surface area contributed by atoms with Gasteiger partial charge in [-0.05, 0) is 62.8 Å². The van der Waals surface area contributed by atoms with Crippen molar-refractivity contribution in [2.24, 2.45) is 11.3 Å². The molecule has 5 aliphatic rings. The average molecular weight is 792 g/mol. The lowest BCUT2D eigenvalue weighted by Crippen LogP contribution is -2.64. The quantitative estimate of drug-likeness (QED) is 0.189. The highest BCUT2D eigenvalue weighted by Gasteiger charge is 2.67. The maximum absolute atomic E-state index is 15.2. The van der Waals surface area contributed by atoms with Crippen LogP contribution in [-0.4, -0.2) is 127 Å². The molecule has 4 heterocycles. The van der Waals surface area contributed by atoms with E-state index in [1.165, 1.54) is 18.6 Å². The molecular weight excluding hydrogens is 731 g/mol. The minimum absolute atomic E-state index is 0.0274. The summed E-state index contributed by atoms with van der Waals surface area (Å²) in [4.78, 5) is 112. The molecule has 0 bridgehead atoms. The van der Waals surface area contributed by atoms with Gasteiger partial charge in [0, 0.05) is 44.0 Å². The van der Waals surface area contributed by atoms with Gasteiger partial charge in [-0.2, -0.15) is 0 Å². The number of nitrogens with zero attached hydrogens (tertiary/aromatic N) is 5. The number of imide groups is 1. The number of likely N-dealkylation sites (tertiary alicyclic amines) is 1. The average Bonchev–Trinajstić information content (AvgIpc) is 3.66. The van der Waals surface area contributed by atoms with Crippen molar-refractivity contribution in [3.8, 4) is 0 Å². The van der Waals surface area contributed by atoms with Crippen molar-refractivity contribution in [2.75, 3.05) is 19.6 Å². The summed E-state index contributed by atoms with van der Waals surface area (Å²) in [6, 6.07) is -4.73. The standard InChI is InChI=1S/C41H61N9O7/c1-6-8-16-28(32(51)37(55)44-26-17-18-26)45-35(53)30-22-41(48(7-2)24-27-15-12-21-49(27)41)39(57)50(30)38(56)33(40(3,4)5)47-36(54)31(25-13-10-9-11-14-25)46-34(52)29-23-42-19-20-43-29/h19-20,23,25-28,30-31,33H,6-18,21-22,24H2,1-5H3,(H,44,55)(H,45,53)(H,46,52)(H,47,54)/t27-,28?,30+,31+,33-,41-/m1/s1. The van der Waals surface area contributed by atoms with E-state index in [-0.39, 0.29) is 36.5 Å². The van der Waals surface area contributed by atoms with Crippen LogP contribution in [0.3, 0.4) is 0 Å². The molecule has 57 heavy (non-hydrogen) atoms. The fraction of sp³-hybridized carbons (Fsp3) is 0.732. The highest BCUT2D eigenvalue weighted by molar-refractivity contribution is 6.38. The van der Waals surface area contributed by atoms with Crippen LogP contribution in [-0.2, 0) is 28.8 Å². The Morgan fingerprint density at radius 3 is 2.30 bits per heavy atom. The molecule has 4 N–H and O–H groups in total. The third-order valence-electron chi connectivity index (χ3n) is 12.6. The molecule has 16 nitrogen and oxygen atoms in total. The lowest BCUT2D eigenvalue weighted by atomic mass is 9.82. The van der Waals surface area contributed by atoms with Gasteiger partial charge in [0.25, 0.3) is 23.6 Å². The zero-order valence-electron chi connectivity index (χ0n) is 34.2. The van der Waals surface area contributed by atoms with Gasteiger partial charge in [0.15, 0.2) is 5.66 Å². The normalized spacial score (nSPS) is 25.8. The van der Waals surface area contributed by atoms with E-state index < -0.39 is 76.5 Å². The van der Waals surface area contributed by atoms with E-state index in [0.717, 1.165) is 56.3 Å². The number of ketones is 1.